The van der Waals surface area contributed by atoms with E-state index in [-0.39, 0.29) is 0 Å². The monoisotopic (exact) mass is 386 g/mol. The van der Waals surface area contributed by atoms with Crippen molar-refractivity contribution in [3.05, 3.63) is 66.3 Å². The summed E-state index contributed by atoms with van der Waals surface area (Å²) in [5.74, 6) is 0.645. The van der Waals surface area contributed by atoms with Crippen LogP contribution in [0.1, 0.15) is 29.9 Å². The molecule has 0 fully saturated rings. The van der Waals surface area contributed by atoms with Gasteiger partial charge in [0.05, 0.1) is 29.1 Å². The minimum absolute atomic E-state index is 0.505. The van der Waals surface area contributed by atoms with E-state index >= 15 is 0 Å². The Morgan fingerprint density at radius 3 is 2.86 bits per heavy atom. The van der Waals surface area contributed by atoms with Crippen LogP contribution in [0.5, 0.6) is 0 Å². The Bertz CT molecular complexity index is 1150. The molecular weight excluding hydrogens is 364 g/mol. The summed E-state index contributed by atoms with van der Waals surface area (Å²) in [4.78, 5) is 17.8. The fourth-order valence-electron chi connectivity index (χ4n) is 3.44. The van der Waals surface area contributed by atoms with Gasteiger partial charge in [0.25, 0.3) is 0 Å². The third-order valence-corrected chi connectivity index (χ3v) is 4.88. The summed E-state index contributed by atoms with van der Waals surface area (Å²) in [6.07, 6.45) is 7.18. The van der Waals surface area contributed by atoms with Crippen LogP contribution in [0, 0.1) is 18.3 Å². The zero-order valence-corrected chi connectivity index (χ0v) is 16.4. The molecule has 8 heteroatoms. The summed E-state index contributed by atoms with van der Waals surface area (Å²) in [7, 11) is 0. The molecule has 0 saturated heterocycles. The van der Waals surface area contributed by atoms with E-state index in [1.54, 1.807) is 18.7 Å². The fourth-order valence-corrected chi connectivity index (χ4v) is 3.44. The van der Waals surface area contributed by atoms with Crippen molar-refractivity contribution in [2.75, 3.05) is 11.9 Å². The van der Waals surface area contributed by atoms with Gasteiger partial charge in [0.15, 0.2) is 0 Å². The zero-order valence-electron chi connectivity index (χ0n) is 16.4. The first-order chi connectivity index (χ1) is 14.2. The second kappa shape index (κ2) is 8.10. The summed E-state index contributed by atoms with van der Waals surface area (Å²) in [5, 5.41) is 13.2. The van der Waals surface area contributed by atoms with Crippen molar-refractivity contribution in [3.8, 4) is 6.07 Å². The number of benzene rings is 1. The van der Waals surface area contributed by atoms with Crippen molar-refractivity contribution in [1.29, 1.82) is 5.26 Å². The van der Waals surface area contributed by atoms with Gasteiger partial charge in [-0.1, -0.05) is 12.1 Å². The third kappa shape index (κ3) is 3.67. The highest BCUT2D eigenvalue weighted by Crippen LogP contribution is 2.28. The van der Waals surface area contributed by atoms with Gasteiger partial charge in [0.2, 0.25) is 5.95 Å². The lowest BCUT2D eigenvalue weighted by molar-refractivity contribution is 0.700. The number of hydrogen-bond acceptors (Lipinski definition) is 6. The molecule has 1 atom stereocenters. The molecule has 4 aromatic rings. The summed E-state index contributed by atoms with van der Waals surface area (Å²) < 4.78 is 4.06. The van der Waals surface area contributed by atoms with E-state index in [0.29, 0.717) is 24.0 Å². The molecule has 4 rings (SSSR count). The van der Waals surface area contributed by atoms with Crippen molar-refractivity contribution >= 4 is 17.0 Å². The van der Waals surface area contributed by atoms with Gasteiger partial charge < -0.3 is 14.5 Å². The average Bonchev–Trinajstić information content (AvgIpc) is 3.38. The fraction of sp³-hybridized carbons (Fsp3) is 0.286. The van der Waals surface area contributed by atoms with Crippen molar-refractivity contribution in [2.24, 2.45) is 0 Å². The lowest BCUT2D eigenvalue weighted by Crippen LogP contribution is -2.15. The Labute approximate surface area is 168 Å². The Kier molecular flexibility index (Phi) is 5.20. The van der Waals surface area contributed by atoms with Crippen LogP contribution in [0.3, 0.4) is 0 Å². The van der Waals surface area contributed by atoms with Gasteiger partial charge in [-0.3, -0.25) is 0 Å². The molecule has 1 aromatic carbocycles. The Balaban J connectivity index is 1.64. The van der Waals surface area contributed by atoms with Crippen LogP contribution in [0.2, 0.25) is 0 Å². The second-order valence-electron chi connectivity index (χ2n) is 6.75. The molecule has 29 heavy (non-hydrogen) atoms. The molecule has 0 radical (unpaired) electrons. The predicted molar refractivity (Wildman–Crippen MR) is 110 cm³/mol. The van der Waals surface area contributed by atoms with E-state index < -0.39 is 5.92 Å². The van der Waals surface area contributed by atoms with Crippen LogP contribution in [0.15, 0.2) is 49.2 Å². The lowest BCUT2D eigenvalue weighted by atomic mass is 10.0. The number of hydrogen-bond donors (Lipinski definition) is 1. The normalized spacial score (nSPS) is 12.0. The number of imidazole rings is 2. The highest BCUT2D eigenvalue weighted by atomic mass is 15.1. The molecule has 0 spiro atoms. The standard InChI is InChI=1S/C21H22N8/c1-3-29-18-7-5-4-6-17(18)26-20(29)16(12-22)19-15(2)13-25-21(27-19)24-9-11-28-10-8-23-14-28/h4-8,10,13-14,16H,3,9,11H2,1-2H3,(H,24,25,27). The predicted octanol–water partition coefficient (Wildman–Crippen LogP) is 3.12. The van der Waals surface area contributed by atoms with E-state index in [4.69, 9.17) is 4.98 Å². The molecule has 0 saturated carbocycles. The Morgan fingerprint density at radius 2 is 2.10 bits per heavy atom. The number of anilines is 1. The lowest BCUT2D eigenvalue weighted by Gasteiger charge is -2.14. The molecule has 1 unspecified atom stereocenters. The number of aryl methyl sites for hydroxylation is 2. The smallest absolute Gasteiger partial charge is 0.222 e. The van der Waals surface area contributed by atoms with Crippen molar-refractivity contribution < 1.29 is 0 Å². The van der Waals surface area contributed by atoms with Gasteiger partial charge in [-0.25, -0.2) is 19.9 Å². The van der Waals surface area contributed by atoms with Gasteiger partial charge >= 0.3 is 0 Å². The maximum Gasteiger partial charge on any atom is 0.222 e. The molecule has 0 aliphatic carbocycles. The highest BCUT2D eigenvalue weighted by molar-refractivity contribution is 5.76. The zero-order chi connectivity index (χ0) is 20.2. The van der Waals surface area contributed by atoms with Gasteiger partial charge in [-0.15, -0.1) is 0 Å². The molecule has 3 aromatic heterocycles. The van der Waals surface area contributed by atoms with Gasteiger partial charge in [-0.05, 0) is 31.5 Å². The van der Waals surface area contributed by atoms with E-state index in [1.807, 2.05) is 42.0 Å². The van der Waals surface area contributed by atoms with Crippen LogP contribution in [0.25, 0.3) is 11.0 Å². The number of rotatable bonds is 7. The molecule has 146 valence electrons. The topological polar surface area (TPSA) is 97.2 Å². The van der Waals surface area contributed by atoms with Gasteiger partial charge in [0.1, 0.15) is 11.7 Å². The van der Waals surface area contributed by atoms with E-state index in [2.05, 4.69) is 37.8 Å². The van der Waals surface area contributed by atoms with E-state index in [0.717, 1.165) is 29.7 Å². The minimum Gasteiger partial charge on any atom is -0.352 e. The average molecular weight is 386 g/mol. The van der Waals surface area contributed by atoms with Crippen molar-refractivity contribution in [2.45, 2.75) is 32.9 Å². The Hall–Kier alpha value is -3.73. The first-order valence-corrected chi connectivity index (χ1v) is 9.59. The molecule has 0 aliphatic heterocycles. The Morgan fingerprint density at radius 1 is 1.24 bits per heavy atom. The molecular formula is C21H22N8. The van der Waals surface area contributed by atoms with Crippen LogP contribution in [-0.2, 0) is 13.1 Å². The summed E-state index contributed by atoms with van der Waals surface area (Å²) in [6.45, 7) is 6.12. The summed E-state index contributed by atoms with van der Waals surface area (Å²) >= 11 is 0. The number of nitriles is 1. The highest BCUT2D eigenvalue weighted by Gasteiger charge is 2.24. The summed E-state index contributed by atoms with van der Waals surface area (Å²) in [5.41, 5.74) is 3.45. The molecule has 8 nitrogen and oxygen atoms in total. The molecule has 0 amide bonds. The van der Waals surface area contributed by atoms with E-state index in [1.165, 1.54) is 0 Å². The first-order valence-electron chi connectivity index (χ1n) is 9.59. The molecule has 0 aliphatic rings. The van der Waals surface area contributed by atoms with Crippen LogP contribution < -0.4 is 5.32 Å². The van der Waals surface area contributed by atoms with Crippen LogP contribution >= 0.6 is 0 Å². The quantitative estimate of drug-likeness (QED) is 0.524. The first kappa shape index (κ1) is 18.6. The van der Waals surface area contributed by atoms with Crippen molar-refractivity contribution in [1.82, 2.24) is 29.1 Å². The number of aromatic nitrogens is 6. The van der Waals surface area contributed by atoms with Crippen LogP contribution in [-0.4, -0.2) is 35.6 Å². The van der Waals surface area contributed by atoms with Gasteiger partial charge in [-0.2, -0.15) is 5.26 Å². The maximum absolute atomic E-state index is 10.00. The second-order valence-corrected chi connectivity index (χ2v) is 6.75. The molecule has 3 heterocycles. The molecule has 1 N–H and O–H groups in total. The van der Waals surface area contributed by atoms with Gasteiger partial charge in [0, 0.05) is 38.2 Å². The number of fused-ring (bicyclic) bond motifs is 1. The minimum atomic E-state index is -0.570. The number of nitrogens with zero attached hydrogens (tertiary/aromatic N) is 7. The van der Waals surface area contributed by atoms with Crippen LogP contribution in [0.4, 0.5) is 5.95 Å². The third-order valence-electron chi connectivity index (χ3n) is 4.88. The largest absolute Gasteiger partial charge is 0.352 e. The van der Waals surface area contributed by atoms with Crippen molar-refractivity contribution in [3.63, 3.8) is 0 Å². The SMILES string of the molecule is CCn1c(C(C#N)c2nc(NCCn3ccnc3)ncc2C)nc2ccccc21. The molecule has 0 bridgehead atoms. The summed E-state index contributed by atoms with van der Waals surface area (Å²) in [6, 6.07) is 10.3. The number of para-hydroxylation sites is 2. The maximum atomic E-state index is 10.00. The van der Waals surface area contributed by atoms with E-state index in [9.17, 15) is 5.26 Å². The number of nitrogens with one attached hydrogen (secondary N) is 1.